The summed E-state index contributed by atoms with van der Waals surface area (Å²) in [5.41, 5.74) is 0.388. The molecule has 0 bridgehead atoms. The summed E-state index contributed by atoms with van der Waals surface area (Å²) in [6, 6.07) is 5.48. The first kappa shape index (κ1) is 10.3. The van der Waals surface area contributed by atoms with Gasteiger partial charge in [-0.05, 0) is 12.1 Å². The summed E-state index contributed by atoms with van der Waals surface area (Å²) >= 11 is 0. The van der Waals surface area contributed by atoms with Gasteiger partial charge in [0.25, 0.3) is 9.05 Å². The number of aromatic nitrogens is 1. The summed E-state index contributed by atoms with van der Waals surface area (Å²) in [5, 5.41) is 0.526. The quantitative estimate of drug-likeness (QED) is 0.725. The van der Waals surface area contributed by atoms with Crippen molar-refractivity contribution in [3.63, 3.8) is 0 Å². The Morgan fingerprint density at radius 2 is 2.07 bits per heavy atom. The molecule has 0 aliphatic heterocycles. The van der Waals surface area contributed by atoms with Crippen LogP contribution in [0.3, 0.4) is 0 Å². The monoisotopic (exact) mass is 245 g/mol. The summed E-state index contributed by atoms with van der Waals surface area (Å²) in [4.78, 5) is 3.36. The van der Waals surface area contributed by atoms with Gasteiger partial charge in [-0.15, -0.1) is 0 Å². The Morgan fingerprint density at radius 1 is 1.33 bits per heavy atom. The van der Waals surface area contributed by atoms with E-state index in [9.17, 15) is 12.8 Å². The number of pyridine rings is 1. The van der Waals surface area contributed by atoms with Crippen molar-refractivity contribution in [1.82, 2.24) is 4.98 Å². The van der Waals surface area contributed by atoms with Crippen LogP contribution >= 0.6 is 10.7 Å². The molecule has 1 aromatic heterocycles. The first-order valence-corrected chi connectivity index (χ1v) is 6.28. The van der Waals surface area contributed by atoms with E-state index >= 15 is 0 Å². The molecule has 0 aliphatic carbocycles. The molecule has 3 nitrogen and oxygen atoms in total. The van der Waals surface area contributed by atoms with Crippen molar-refractivity contribution in [2.24, 2.45) is 0 Å². The molecule has 0 amide bonds. The zero-order valence-corrected chi connectivity index (χ0v) is 8.89. The van der Waals surface area contributed by atoms with Crippen LogP contribution in [-0.4, -0.2) is 13.4 Å². The van der Waals surface area contributed by atoms with Crippen molar-refractivity contribution in [2.45, 2.75) is 4.90 Å². The molecule has 0 spiro atoms. The van der Waals surface area contributed by atoms with Crippen LogP contribution in [0.2, 0.25) is 0 Å². The van der Waals surface area contributed by atoms with Gasteiger partial charge in [0.1, 0.15) is 10.7 Å². The van der Waals surface area contributed by atoms with E-state index in [4.69, 9.17) is 10.7 Å². The summed E-state index contributed by atoms with van der Waals surface area (Å²) in [6.45, 7) is 0. The largest absolute Gasteiger partial charge is 0.264 e. The van der Waals surface area contributed by atoms with E-state index in [0.29, 0.717) is 10.9 Å². The van der Waals surface area contributed by atoms with Crippen LogP contribution in [0.1, 0.15) is 0 Å². The fraction of sp³-hybridized carbons (Fsp3) is 0. The Bertz CT molecular complexity index is 627. The summed E-state index contributed by atoms with van der Waals surface area (Å²) in [7, 11) is 1.02. The van der Waals surface area contributed by atoms with Gasteiger partial charge < -0.3 is 0 Å². The second kappa shape index (κ2) is 3.43. The normalized spacial score (nSPS) is 11.9. The first-order valence-electron chi connectivity index (χ1n) is 3.97. The Morgan fingerprint density at radius 3 is 2.73 bits per heavy atom. The Labute approximate surface area is 89.9 Å². The third-order valence-corrected chi connectivity index (χ3v) is 3.26. The number of halogens is 2. The third kappa shape index (κ3) is 1.93. The zero-order chi connectivity index (χ0) is 11.1. The maximum atomic E-state index is 13.3. The van der Waals surface area contributed by atoms with Crippen molar-refractivity contribution in [3.8, 4) is 0 Å². The van der Waals surface area contributed by atoms with E-state index in [1.54, 1.807) is 12.1 Å². The van der Waals surface area contributed by atoms with Crippen molar-refractivity contribution in [3.05, 3.63) is 36.3 Å². The molecule has 0 saturated heterocycles. The fourth-order valence-electron chi connectivity index (χ4n) is 1.26. The average Bonchev–Trinajstić information content (AvgIpc) is 2.15. The van der Waals surface area contributed by atoms with Crippen LogP contribution in [0.4, 0.5) is 4.39 Å². The van der Waals surface area contributed by atoms with E-state index in [1.807, 2.05) is 0 Å². The van der Waals surface area contributed by atoms with Gasteiger partial charge in [0, 0.05) is 28.3 Å². The predicted octanol–water partition coefficient (Wildman–Crippen LogP) is 2.30. The highest BCUT2D eigenvalue weighted by atomic mass is 35.7. The minimum absolute atomic E-state index is 0.388. The van der Waals surface area contributed by atoms with Crippen molar-refractivity contribution < 1.29 is 12.8 Å². The lowest BCUT2D eigenvalue weighted by Crippen LogP contribution is -1.95. The molecular formula is C9H5ClFNO2S. The lowest BCUT2D eigenvalue weighted by Gasteiger charge is -2.01. The Hall–Kier alpha value is -1.20. The van der Waals surface area contributed by atoms with Gasteiger partial charge in [-0.2, -0.15) is 0 Å². The van der Waals surface area contributed by atoms with Crippen molar-refractivity contribution >= 4 is 30.6 Å². The standard InChI is InChI=1S/C9H5ClFNO2S/c10-15(13,14)9-4-6-2-1-3-12-8(6)5-7(9)11/h1-5H. The lowest BCUT2D eigenvalue weighted by molar-refractivity contribution is 0.577. The molecule has 0 N–H and O–H groups in total. The number of fused-ring (bicyclic) bond motifs is 1. The molecule has 0 aliphatic rings. The van der Waals surface area contributed by atoms with Gasteiger partial charge in [-0.1, -0.05) is 6.07 Å². The number of hydrogen-bond acceptors (Lipinski definition) is 3. The summed E-state index contributed by atoms with van der Waals surface area (Å²) in [6.07, 6.45) is 1.50. The van der Waals surface area contributed by atoms with Gasteiger partial charge in [0.05, 0.1) is 5.52 Å². The van der Waals surface area contributed by atoms with Gasteiger partial charge in [-0.25, -0.2) is 12.8 Å². The number of benzene rings is 1. The first-order chi connectivity index (χ1) is 6.98. The molecule has 78 valence electrons. The maximum absolute atomic E-state index is 13.3. The van der Waals surface area contributed by atoms with Crippen LogP contribution in [-0.2, 0) is 9.05 Å². The minimum atomic E-state index is -4.06. The molecule has 0 atom stereocenters. The van der Waals surface area contributed by atoms with Crippen LogP contribution in [0.5, 0.6) is 0 Å². The molecular weight excluding hydrogens is 241 g/mol. The number of hydrogen-bond donors (Lipinski definition) is 0. The fourth-order valence-corrected chi connectivity index (χ4v) is 2.18. The second-order valence-corrected chi connectivity index (χ2v) is 5.45. The summed E-state index contributed by atoms with van der Waals surface area (Å²) < 4.78 is 35.3. The molecule has 1 aromatic carbocycles. The molecule has 6 heteroatoms. The topological polar surface area (TPSA) is 47.0 Å². The predicted molar refractivity (Wildman–Crippen MR) is 54.7 cm³/mol. The summed E-state index contributed by atoms with van der Waals surface area (Å²) in [5.74, 6) is -0.892. The minimum Gasteiger partial charge on any atom is -0.256 e. The lowest BCUT2D eigenvalue weighted by atomic mass is 10.2. The molecule has 1 heterocycles. The van der Waals surface area contributed by atoms with E-state index in [2.05, 4.69) is 4.98 Å². The Kier molecular flexibility index (Phi) is 2.36. The van der Waals surface area contributed by atoms with E-state index in [0.717, 1.165) is 6.07 Å². The number of rotatable bonds is 1. The third-order valence-electron chi connectivity index (χ3n) is 1.92. The molecule has 2 aromatic rings. The van der Waals surface area contributed by atoms with Crippen LogP contribution < -0.4 is 0 Å². The van der Waals surface area contributed by atoms with E-state index in [-0.39, 0.29) is 0 Å². The second-order valence-electron chi connectivity index (χ2n) is 2.92. The Balaban J connectivity index is 2.84. The van der Waals surface area contributed by atoms with Crippen molar-refractivity contribution in [2.75, 3.05) is 0 Å². The average molecular weight is 246 g/mol. The van der Waals surface area contributed by atoms with Gasteiger partial charge in [0.15, 0.2) is 0 Å². The number of nitrogens with zero attached hydrogens (tertiary/aromatic N) is 1. The zero-order valence-electron chi connectivity index (χ0n) is 7.31. The molecule has 0 fully saturated rings. The SMILES string of the molecule is O=S(=O)(Cl)c1cc2cccnc2cc1F. The molecule has 0 unspecified atom stereocenters. The van der Waals surface area contributed by atoms with Gasteiger partial charge >= 0.3 is 0 Å². The smallest absolute Gasteiger partial charge is 0.256 e. The molecule has 0 saturated carbocycles. The van der Waals surface area contributed by atoms with Crippen LogP contribution in [0.25, 0.3) is 10.9 Å². The van der Waals surface area contributed by atoms with Crippen LogP contribution in [0, 0.1) is 5.82 Å². The highest BCUT2D eigenvalue weighted by Gasteiger charge is 2.16. The van der Waals surface area contributed by atoms with Gasteiger partial charge in [0.2, 0.25) is 0 Å². The van der Waals surface area contributed by atoms with Gasteiger partial charge in [-0.3, -0.25) is 4.98 Å². The van der Waals surface area contributed by atoms with Crippen molar-refractivity contribution in [1.29, 1.82) is 0 Å². The maximum Gasteiger partial charge on any atom is 0.264 e. The van der Waals surface area contributed by atoms with Crippen LogP contribution in [0.15, 0.2) is 35.4 Å². The highest BCUT2D eigenvalue weighted by molar-refractivity contribution is 8.13. The van der Waals surface area contributed by atoms with E-state index in [1.165, 1.54) is 12.3 Å². The molecule has 2 rings (SSSR count). The highest BCUT2D eigenvalue weighted by Crippen LogP contribution is 2.23. The molecule has 15 heavy (non-hydrogen) atoms. The molecule has 0 radical (unpaired) electrons. The van der Waals surface area contributed by atoms with E-state index < -0.39 is 19.8 Å².